The van der Waals surface area contributed by atoms with Crippen LogP contribution in [0, 0.1) is 10.1 Å². The summed E-state index contributed by atoms with van der Waals surface area (Å²) in [6.07, 6.45) is 0. The lowest BCUT2D eigenvalue weighted by atomic mass is 10.2. The van der Waals surface area contributed by atoms with Crippen molar-refractivity contribution in [3.63, 3.8) is 0 Å². The number of ether oxygens (including phenoxy) is 1. The summed E-state index contributed by atoms with van der Waals surface area (Å²) in [6, 6.07) is 10.4. The van der Waals surface area contributed by atoms with E-state index in [4.69, 9.17) is 4.74 Å². The molecular weight excluding hydrogens is 414 g/mol. The van der Waals surface area contributed by atoms with Crippen LogP contribution in [0.25, 0.3) is 10.9 Å². The standard InChI is InChI=1S/C18H17N5O6S/c24-18-17(13-3-1-2-4-14(13)19-18)21-20-15-6-5-12(23(25)26)11-16(15)30(27,28)22-7-9-29-10-8-22/h1-6,11,19,24H,7-10H2. The van der Waals surface area contributed by atoms with Gasteiger partial charge in [0.2, 0.25) is 15.9 Å². The summed E-state index contributed by atoms with van der Waals surface area (Å²) in [7, 11) is -4.07. The Morgan fingerprint density at radius 1 is 1.13 bits per heavy atom. The molecule has 2 aromatic carbocycles. The van der Waals surface area contributed by atoms with Crippen LogP contribution >= 0.6 is 0 Å². The molecule has 4 rings (SSSR count). The highest BCUT2D eigenvalue weighted by Crippen LogP contribution is 2.38. The van der Waals surface area contributed by atoms with E-state index in [-0.39, 0.29) is 54.1 Å². The predicted molar refractivity (Wildman–Crippen MR) is 107 cm³/mol. The van der Waals surface area contributed by atoms with Gasteiger partial charge in [-0.05, 0) is 12.1 Å². The lowest BCUT2D eigenvalue weighted by molar-refractivity contribution is -0.385. The van der Waals surface area contributed by atoms with E-state index in [2.05, 4.69) is 15.2 Å². The van der Waals surface area contributed by atoms with E-state index >= 15 is 0 Å². The van der Waals surface area contributed by atoms with Crippen LogP contribution in [0.2, 0.25) is 0 Å². The Hall–Kier alpha value is -3.35. The van der Waals surface area contributed by atoms with Gasteiger partial charge in [-0.15, -0.1) is 10.2 Å². The number of non-ortho nitro benzene ring substituents is 1. The molecule has 30 heavy (non-hydrogen) atoms. The van der Waals surface area contributed by atoms with Gasteiger partial charge in [0.05, 0.1) is 23.7 Å². The number of rotatable bonds is 5. The summed E-state index contributed by atoms with van der Waals surface area (Å²) < 4.78 is 32.6. The summed E-state index contributed by atoms with van der Waals surface area (Å²) >= 11 is 0. The monoisotopic (exact) mass is 431 g/mol. The van der Waals surface area contributed by atoms with E-state index in [1.807, 2.05) is 0 Å². The number of azo groups is 1. The second-order valence-corrected chi connectivity index (χ2v) is 8.40. The number of nitrogens with one attached hydrogen (secondary N) is 1. The number of hydrogen-bond donors (Lipinski definition) is 2. The molecule has 156 valence electrons. The lowest BCUT2D eigenvalue weighted by Gasteiger charge is -2.26. The quantitative estimate of drug-likeness (QED) is 0.360. The molecule has 1 aromatic heterocycles. The zero-order valence-electron chi connectivity index (χ0n) is 15.6. The van der Waals surface area contributed by atoms with Crippen molar-refractivity contribution < 1.29 is 23.2 Å². The maximum atomic E-state index is 13.1. The Bertz CT molecular complexity index is 1250. The normalized spacial score (nSPS) is 15.7. The van der Waals surface area contributed by atoms with Crippen LogP contribution in [-0.2, 0) is 14.8 Å². The van der Waals surface area contributed by atoms with Gasteiger partial charge in [0.15, 0.2) is 5.69 Å². The van der Waals surface area contributed by atoms with Crippen molar-refractivity contribution in [2.75, 3.05) is 26.3 Å². The first-order valence-corrected chi connectivity index (χ1v) is 10.4. The average Bonchev–Trinajstić information content (AvgIpc) is 3.07. The fraction of sp³-hybridized carbons (Fsp3) is 0.222. The zero-order valence-corrected chi connectivity index (χ0v) is 16.4. The fourth-order valence-corrected chi connectivity index (χ4v) is 4.70. The molecule has 1 aliphatic rings. The van der Waals surface area contributed by atoms with Gasteiger partial charge in [-0.3, -0.25) is 10.1 Å². The van der Waals surface area contributed by atoms with Gasteiger partial charge in [-0.1, -0.05) is 18.2 Å². The number of nitrogens with zero attached hydrogens (tertiary/aromatic N) is 4. The third-order valence-corrected chi connectivity index (χ3v) is 6.59. The van der Waals surface area contributed by atoms with E-state index in [9.17, 15) is 23.6 Å². The first-order valence-electron chi connectivity index (χ1n) is 8.95. The predicted octanol–water partition coefficient (Wildman–Crippen LogP) is 3.22. The number of morpholine rings is 1. The molecule has 0 saturated carbocycles. The summed E-state index contributed by atoms with van der Waals surface area (Å²) in [6.45, 7) is 0.720. The highest BCUT2D eigenvalue weighted by atomic mass is 32.2. The van der Waals surface area contributed by atoms with Crippen molar-refractivity contribution in [1.82, 2.24) is 9.29 Å². The number of nitro groups is 1. The summed E-state index contributed by atoms with van der Waals surface area (Å²) in [5, 5.41) is 29.9. The van der Waals surface area contributed by atoms with Gasteiger partial charge < -0.3 is 14.8 Å². The van der Waals surface area contributed by atoms with Gasteiger partial charge in [0.25, 0.3) is 5.69 Å². The highest BCUT2D eigenvalue weighted by Gasteiger charge is 2.30. The molecule has 0 amide bonds. The molecule has 2 heterocycles. The molecule has 11 nitrogen and oxygen atoms in total. The molecule has 1 aliphatic heterocycles. The van der Waals surface area contributed by atoms with Gasteiger partial charge in [-0.25, -0.2) is 8.42 Å². The molecule has 0 spiro atoms. The largest absolute Gasteiger partial charge is 0.493 e. The van der Waals surface area contributed by atoms with Gasteiger partial charge >= 0.3 is 0 Å². The van der Waals surface area contributed by atoms with Crippen LogP contribution in [-0.4, -0.2) is 54.0 Å². The molecular formula is C18H17N5O6S. The first kappa shape index (κ1) is 19.9. The number of sulfonamides is 1. The molecule has 3 aromatic rings. The minimum Gasteiger partial charge on any atom is -0.493 e. The second-order valence-electron chi connectivity index (χ2n) is 6.49. The Kier molecular flexibility index (Phi) is 5.20. The Morgan fingerprint density at radius 2 is 1.87 bits per heavy atom. The zero-order chi connectivity index (χ0) is 21.3. The third kappa shape index (κ3) is 3.63. The summed E-state index contributed by atoms with van der Waals surface area (Å²) in [5.41, 5.74) is 0.319. The average molecular weight is 431 g/mol. The number of nitro benzene ring substituents is 1. The van der Waals surface area contributed by atoms with Gasteiger partial charge in [-0.2, -0.15) is 4.31 Å². The maximum absolute atomic E-state index is 13.1. The van der Waals surface area contributed by atoms with Crippen LogP contribution < -0.4 is 0 Å². The molecule has 1 saturated heterocycles. The maximum Gasteiger partial charge on any atom is 0.270 e. The van der Waals surface area contributed by atoms with Crippen molar-refractivity contribution in [2.24, 2.45) is 10.2 Å². The minimum absolute atomic E-state index is 0.0724. The van der Waals surface area contributed by atoms with Gasteiger partial charge in [0, 0.05) is 30.6 Å². The molecule has 2 N–H and O–H groups in total. The smallest absolute Gasteiger partial charge is 0.270 e. The Labute approximate surface area is 170 Å². The Morgan fingerprint density at radius 3 is 2.60 bits per heavy atom. The summed E-state index contributed by atoms with van der Waals surface area (Å²) in [4.78, 5) is 12.9. The topological polar surface area (TPSA) is 150 Å². The second kappa shape index (κ2) is 7.82. The number of aromatic amines is 1. The van der Waals surface area contributed by atoms with Gasteiger partial charge in [0.1, 0.15) is 10.6 Å². The number of hydrogen-bond acceptors (Lipinski definition) is 8. The fourth-order valence-electron chi connectivity index (χ4n) is 3.15. The number of H-pyrrole nitrogens is 1. The van der Waals surface area contributed by atoms with Crippen molar-refractivity contribution in [1.29, 1.82) is 0 Å². The van der Waals surface area contributed by atoms with Crippen LogP contribution in [0.5, 0.6) is 5.88 Å². The van der Waals surface area contributed by atoms with E-state index < -0.39 is 14.9 Å². The molecule has 0 unspecified atom stereocenters. The van der Waals surface area contributed by atoms with Crippen LogP contribution in [0.15, 0.2) is 57.6 Å². The Balaban J connectivity index is 1.80. The molecule has 12 heteroatoms. The van der Waals surface area contributed by atoms with Crippen LogP contribution in [0.3, 0.4) is 0 Å². The third-order valence-electron chi connectivity index (χ3n) is 4.66. The molecule has 1 fully saturated rings. The number of aromatic nitrogens is 1. The van der Waals surface area contributed by atoms with E-state index in [1.165, 1.54) is 10.4 Å². The lowest BCUT2D eigenvalue weighted by Crippen LogP contribution is -2.40. The van der Waals surface area contributed by atoms with Crippen LogP contribution in [0.1, 0.15) is 0 Å². The number of aromatic hydroxyl groups is 1. The number of para-hydroxylation sites is 1. The van der Waals surface area contributed by atoms with Crippen molar-refractivity contribution in [2.45, 2.75) is 4.90 Å². The summed E-state index contributed by atoms with van der Waals surface area (Å²) in [5.74, 6) is -0.223. The van der Waals surface area contributed by atoms with Crippen molar-refractivity contribution >= 4 is 38.0 Å². The van der Waals surface area contributed by atoms with Crippen LogP contribution in [0.4, 0.5) is 17.1 Å². The van der Waals surface area contributed by atoms with E-state index in [0.717, 1.165) is 12.1 Å². The highest BCUT2D eigenvalue weighted by molar-refractivity contribution is 7.89. The molecule has 0 radical (unpaired) electrons. The SMILES string of the molecule is O=[N+]([O-])c1ccc(N=Nc2c(O)[nH]c3ccccc23)c(S(=O)(=O)N2CCOCC2)c1. The van der Waals surface area contributed by atoms with E-state index in [0.29, 0.717) is 10.9 Å². The van der Waals surface area contributed by atoms with E-state index in [1.54, 1.807) is 24.3 Å². The molecule has 0 bridgehead atoms. The van der Waals surface area contributed by atoms with Crippen molar-refractivity contribution in [3.05, 3.63) is 52.6 Å². The van der Waals surface area contributed by atoms with Crippen molar-refractivity contribution in [3.8, 4) is 5.88 Å². The molecule has 0 atom stereocenters. The first-order chi connectivity index (χ1) is 14.4. The number of benzene rings is 2. The minimum atomic E-state index is -4.07. The molecule has 0 aliphatic carbocycles. The number of fused-ring (bicyclic) bond motifs is 1.